The van der Waals surface area contributed by atoms with Crippen LogP contribution in [-0.4, -0.2) is 34.2 Å². The number of cyclic esters (lactones) is 2. The highest BCUT2D eigenvalue weighted by Crippen LogP contribution is 2.25. The average Bonchev–Trinajstić information content (AvgIpc) is 2.10. The first-order valence-electron chi connectivity index (χ1n) is 4.20. The highest BCUT2D eigenvalue weighted by atomic mass is 16.8. The molecule has 1 fully saturated rings. The van der Waals surface area contributed by atoms with E-state index in [0.29, 0.717) is 0 Å². The van der Waals surface area contributed by atoms with Gasteiger partial charge in [-0.25, -0.2) is 4.79 Å². The van der Waals surface area contributed by atoms with Gasteiger partial charge in [0.2, 0.25) is 0 Å². The molecule has 2 unspecified atom stereocenters. The lowest BCUT2D eigenvalue weighted by atomic mass is 10.2. The third-order valence-electron chi connectivity index (χ3n) is 1.87. The zero-order valence-corrected chi connectivity index (χ0v) is 7.89. The number of rotatable bonds is 1. The smallest absolute Gasteiger partial charge is 0.375 e. The van der Waals surface area contributed by atoms with Crippen molar-refractivity contribution >= 4 is 11.9 Å². The monoisotopic (exact) mass is 204 g/mol. The molecule has 0 bridgehead atoms. The Kier molecular flexibility index (Phi) is 2.77. The number of hydrogen-bond acceptors (Lipinski definition) is 6. The molecule has 0 spiro atoms. The number of aliphatic hydroxyl groups is 2. The van der Waals surface area contributed by atoms with E-state index in [1.54, 1.807) is 0 Å². The van der Waals surface area contributed by atoms with Crippen LogP contribution in [0.5, 0.6) is 0 Å². The van der Waals surface area contributed by atoms with Gasteiger partial charge in [0.15, 0.2) is 6.10 Å². The Morgan fingerprint density at radius 3 is 2.50 bits per heavy atom. The van der Waals surface area contributed by atoms with E-state index in [1.165, 1.54) is 13.8 Å². The summed E-state index contributed by atoms with van der Waals surface area (Å²) >= 11 is 0. The summed E-state index contributed by atoms with van der Waals surface area (Å²) in [7, 11) is 0. The van der Waals surface area contributed by atoms with E-state index < -0.39 is 36.4 Å². The first kappa shape index (κ1) is 10.9. The fraction of sp³-hybridized carbons (Fsp3) is 0.750. The molecule has 0 radical (unpaired) electrons. The Labute approximate surface area is 80.4 Å². The Morgan fingerprint density at radius 1 is 1.43 bits per heavy atom. The zero-order valence-electron chi connectivity index (χ0n) is 7.89. The van der Waals surface area contributed by atoms with Crippen LogP contribution in [0, 0.1) is 5.92 Å². The van der Waals surface area contributed by atoms with E-state index in [9.17, 15) is 14.7 Å². The lowest BCUT2D eigenvalue weighted by Gasteiger charge is -2.27. The van der Waals surface area contributed by atoms with Crippen molar-refractivity contribution in [3.8, 4) is 0 Å². The van der Waals surface area contributed by atoms with Gasteiger partial charge in [-0.15, -0.1) is 0 Å². The lowest BCUT2D eigenvalue weighted by Crippen LogP contribution is -2.43. The SMILES string of the molecule is CC(C)C1(O)OC(=O)CC(O)C(=O)O1. The Bertz CT molecular complexity index is 261. The van der Waals surface area contributed by atoms with Crippen LogP contribution in [0.3, 0.4) is 0 Å². The minimum Gasteiger partial charge on any atom is -0.398 e. The summed E-state index contributed by atoms with van der Waals surface area (Å²) in [5.74, 6) is -4.82. The van der Waals surface area contributed by atoms with Gasteiger partial charge >= 0.3 is 17.9 Å². The van der Waals surface area contributed by atoms with Crippen molar-refractivity contribution in [1.29, 1.82) is 0 Å². The molecule has 2 N–H and O–H groups in total. The summed E-state index contributed by atoms with van der Waals surface area (Å²) in [6.07, 6.45) is -2.08. The third-order valence-corrected chi connectivity index (χ3v) is 1.87. The van der Waals surface area contributed by atoms with Crippen LogP contribution in [0.2, 0.25) is 0 Å². The number of ether oxygens (including phenoxy) is 2. The van der Waals surface area contributed by atoms with Gasteiger partial charge < -0.3 is 19.7 Å². The number of aliphatic hydroxyl groups excluding tert-OH is 1. The van der Waals surface area contributed by atoms with Crippen molar-refractivity contribution in [2.24, 2.45) is 5.92 Å². The predicted octanol–water partition coefficient (Wildman–Crippen LogP) is -0.861. The molecule has 2 atom stereocenters. The van der Waals surface area contributed by atoms with Crippen molar-refractivity contribution in [2.45, 2.75) is 32.3 Å². The van der Waals surface area contributed by atoms with Gasteiger partial charge in [0.1, 0.15) is 0 Å². The molecule has 0 aromatic carbocycles. The van der Waals surface area contributed by atoms with Crippen LogP contribution in [-0.2, 0) is 19.1 Å². The Hall–Kier alpha value is -1.14. The number of hydrogen-bond donors (Lipinski definition) is 2. The van der Waals surface area contributed by atoms with E-state index in [2.05, 4.69) is 9.47 Å². The summed E-state index contributed by atoms with van der Waals surface area (Å²) in [5, 5.41) is 18.6. The molecular formula is C8H12O6. The van der Waals surface area contributed by atoms with Crippen molar-refractivity contribution < 1.29 is 29.3 Å². The molecule has 6 nitrogen and oxygen atoms in total. The van der Waals surface area contributed by atoms with Gasteiger partial charge in [0, 0.05) is 0 Å². The Balaban J connectivity index is 2.90. The fourth-order valence-corrected chi connectivity index (χ4v) is 0.915. The Morgan fingerprint density at radius 2 is 2.00 bits per heavy atom. The number of esters is 2. The summed E-state index contributed by atoms with van der Waals surface area (Å²) in [6.45, 7) is 3.02. The van der Waals surface area contributed by atoms with Crippen LogP contribution in [0.25, 0.3) is 0 Å². The molecule has 1 aliphatic rings. The maximum absolute atomic E-state index is 11.0. The molecule has 0 aromatic rings. The third kappa shape index (κ3) is 2.02. The second-order valence-electron chi connectivity index (χ2n) is 3.40. The second-order valence-corrected chi connectivity index (χ2v) is 3.40. The van der Waals surface area contributed by atoms with Crippen molar-refractivity contribution in [3.63, 3.8) is 0 Å². The van der Waals surface area contributed by atoms with Gasteiger partial charge in [0.25, 0.3) is 0 Å². The molecule has 80 valence electrons. The maximum Gasteiger partial charge on any atom is 0.375 e. The van der Waals surface area contributed by atoms with E-state index in [1.807, 2.05) is 0 Å². The minimum atomic E-state index is -2.27. The van der Waals surface area contributed by atoms with Crippen LogP contribution < -0.4 is 0 Å². The molecular weight excluding hydrogens is 192 g/mol. The quantitative estimate of drug-likeness (QED) is 0.540. The van der Waals surface area contributed by atoms with Crippen LogP contribution >= 0.6 is 0 Å². The zero-order chi connectivity index (χ0) is 10.9. The standard InChI is InChI=1S/C8H12O6/c1-4(2)8(12)13-6(10)3-5(9)7(11)14-8/h4-5,9,12H,3H2,1-2H3. The van der Waals surface area contributed by atoms with Crippen molar-refractivity contribution in [1.82, 2.24) is 0 Å². The molecule has 1 saturated heterocycles. The van der Waals surface area contributed by atoms with E-state index in [-0.39, 0.29) is 0 Å². The maximum atomic E-state index is 11.0. The fourth-order valence-electron chi connectivity index (χ4n) is 0.915. The molecule has 0 amide bonds. The average molecular weight is 204 g/mol. The van der Waals surface area contributed by atoms with Gasteiger partial charge in [0.05, 0.1) is 12.3 Å². The summed E-state index contributed by atoms with van der Waals surface area (Å²) in [4.78, 5) is 22.0. The first-order chi connectivity index (χ1) is 6.35. The van der Waals surface area contributed by atoms with Gasteiger partial charge in [-0.1, -0.05) is 13.8 Å². The molecule has 14 heavy (non-hydrogen) atoms. The first-order valence-corrected chi connectivity index (χ1v) is 4.20. The number of carbonyl (C=O) groups excluding carboxylic acids is 2. The predicted molar refractivity (Wildman–Crippen MR) is 42.6 cm³/mol. The van der Waals surface area contributed by atoms with E-state index in [4.69, 9.17) is 5.11 Å². The largest absolute Gasteiger partial charge is 0.398 e. The highest BCUT2D eigenvalue weighted by Gasteiger charge is 2.45. The van der Waals surface area contributed by atoms with Crippen molar-refractivity contribution in [3.05, 3.63) is 0 Å². The molecule has 1 aliphatic heterocycles. The minimum absolute atomic E-state index is 0.506. The lowest BCUT2D eigenvalue weighted by molar-refractivity contribution is -0.342. The van der Waals surface area contributed by atoms with Crippen molar-refractivity contribution in [2.75, 3.05) is 0 Å². The molecule has 6 heteroatoms. The topological polar surface area (TPSA) is 93.1 Å². The summed E-state index contributed by atoms with van der Waals surface area (Å²) < 4.78 is 8.98. The summed E-state index contributed by atoms with van der Waals surface area (Å²) in [5.41, 5.74) is 0. The van der Waals surface area contributed by atoms with Crippen LogP contribution in [0.1, 0.15) is 20.3 Å². The van der Waals surface area contributed by atoms with Gasteiger partial charge in [-0.05, 0) is 0 Å². The van der Waals surface area contributed by atoms with Gasteiger partial charge in [-0.2, -0.15) is 0 Å². The summed E-state index contributed by atoms with van der Waals surface area (Å²) in [6, 6.07) is 0. The second kappa shape index (κ2) is 3.55. The van der Waals surface area contributed by atoms with Gasteiger partial charge in [-0.3, -0.25) is 4.79 Å². The highest BCUT2D eigenvalue weighted by molar-refractivity contribution is 5.83. The van der Waals surface area contributed by atoms with Crippen LogP contribution in [0.15, 0.2) is 0 Å². The van der Waals surface area contributed by atoms with E-state index >= 15 is 0 Å². The number of carbonyl (C=O) groups is 2. The molecule has 0 saturated carbocycles. The molecule has 1 rings (SSSR count). The van der Waals surface area contributed by atoms with E-state index in [0.717, 1.165) is 0 Å². The molecule has 1 heterocycles. The molecule has 0 aliphatic carbocycles. The van der Waals surface area contributed by atoms with Crippen LogP contribution in [0.4, 0.5) is 0 Å². The normalized spacial score (nSPS) is 33.6. The molecule has 0 aromatic heterocycles.